The molecular weight excluding hydrogens is 442 g/mol. The maximum absolute atomic E-state index is 12.4. The highest BCUT2D eigenvalue weighted by Crippen LogP contribution is 2.43. The van der Waals surface area contributed by atoms with Gasteiger partial charge >= 0.3 is 5.97 Å². The average Bonchev–Trinajstić information content (AvgIpc) is 3.12. The Labute approximate surface area is 198 Å². The van der Waals surface area contributed by atoms with E-state index in [0.29, 0.717) is 10.6 Å². The molecule has 1 atom stereocenters. The Hall–Kier alpha value is -2.47. The van der Waals surface area contributed by atoms with E-state index in [1.807, 2.05) is 58.0 Å². The molecule has 1 aromatic heterocycles. The van der Waals surface area contributed by atoms with Crippen molar-refractivity contribution >= 4 is 44.7 Å². The predicted molar refractivity (Wildman–Crippen MR) is 134 cm³/mol. The smallest absolute Gasteiger partial charge is 0.337 e. The van der Waals surface area contributed by atoms with Gasteiger partial charge in [0.1, 0.15) is 5.01 Å². The molecular formula is C26H28ClNO3S. The molecule has 0 aliphatic rings. The van der Waals surface area contributed by atoms with Gasteiger partial charge in [0.15, 0.2) is 6.10 Å². The second-order valence-corrected chi connectivity index (χ2v) is 10.0. The Bertz CT molecular complexity index is 1190. The molecule has 0 saturated heterocycles. The van der Waals surface area contributed by atoms with Gasteiger partial charge in [0.05, 0.1) is 15.8 Å². The Morgan fingerprint density at radius 2 is 1.97 bits per heavy atom. The molecule has 0 radical (unpaired) electrons. The number of aliphatic carboxylic acids is 1. The lowest BCUT2D eigenvalue weighted by molar-refractivity contribution is -0.160. The first-order valence-corrected chi connectivity index (χ1v) is 11.7. The molecule has 0 saturated carbocycles. The second-order valence-electron chi connectivity index (χ2n) is 8.58. The van der Waals surface area contributed by atoms with Gasteiger partial charge in [-0.25, -0.2) is 9.78 Å². The Kier molecular flexibility index (Phi) is 7.23. The van der Waals surface area contributed by atoms with Crippen molar-refractivity contribution in [1.82, 2.24) is 4.98 Å². The van der Waals surface area contributed by atoms with Crippen molar-refractivity contribution in [2.75, 3.05) is 0 Å². The molecule has 0 amide bonds. The summed E-state index contributed by atoms with van der Waals surface area (Å²) in [4.78, 5) is 17.2. The summed E-state index contributed by atoms with van der Waals surface area (Å²) in [7, 11) is 0. The van der Waals surface area contributed by atoms with Gasteiger partial charge in [0.2, 0.25) is 0 Å². The molecule has 4 nitrogen and oxygen atoms in total. The highest BCUT2D eigenvalue weighted by molar-refractivity contribution is 7.20. The monoisotopic (exact) mass is 469 g/mol. The lowest BCUT2D eigenvalue weighted by atomic mass is 9.91. The number of rotatable bonds is 7. The number of hydrogen-bond acceptors (Lipinski definition) is 4. The Morgan fingerprint density at radius 3 is 2.50 bits per heavy atom. The van der Waals surface area contributed by atoms with E-state index in [-0.39, 0.29) is 0 Å². The number of carbonyl (C=O) groups is 1. The van der Waals surface area contributed by atoms with Crippen molar-refractivity contribution < 1.29 is 14.6 Å². The number of allylic oxidation sites excluding steroid dienone is 3. The molecule has 0 bridgehead atoms. The zero-order chi connectivity index (χ0) is 23.6. The SMILES string of the molecule is C=C/C(=C\CC)c1nc2cc(C)c([C@H](OC(C)(C)C)C(=O)O)c(-c3ccc(Cl)cc3)c2s1. The van der Waals surface area contributed by atoms with E-state index < -0.39 is 17.7 Å². The summed E-state index contributed by atoms with van der Waals surface area (Å²) in [5.41, 5.74) is 4.29. The fraction of sp³-hybridized carbons (Fsp3) is 0.308. The topological polar surface area (TPSA) is 59.4 Å². The summed E-state index contributed by atoms with van der Waals surface area (Å²) >= 11 is 7.67. The first kappa shape index (κ1) is 24.2. The third-order valence-electron chi connectivity index (χ3n) is 4.91. The normalized spacial score (nSPS) is 13.4. The number of fused-ring (bicyclic) bond motifs is 1. The second kappa shape index (κ2) is 9.57. The summed E-state index contributed by atoms with van der Waals surface area (Å²) in [6.07, 6.45) is 3.63. The number of aromatic nitrogens is 1. The minimum atomic E-state index is -1.12. The van der Waals surface area contributed by atoms with Crippen molar-refractivity contribution in [3.63, 3.8) is 0 Å². The van der Waals surface area contributed by atoms with Crippen molar-refractivity contribution in [2.45, 2.75) is 52.7 Å². The Morgan fingerprint density at radius 1 is 1.31 bits per heavy atom. The number of thiazole rings is 1. The number of hydrogen-bond donors (Lipinski definition) is 1. The molecule has 0 aliphatic carbocycles. The quantitative estimate of drug-likeness (QED) is 0.358. The van der Waals surface area contributed by atoms with E-state index in [4.69, 9.17) is 21.3 Å². The molecule has 6 heteroatoms. The van der Waals surface area contributed by atoms with Crippen LogP contribution in [0.2, 0.25) is 5.02 Å². The zero-order valence-corrected chi connectivity index (χ0v) is 20.6. The van der Waals surface area contributed by atoms with Crippen molar-refractivity contribution in [1.29, 1.82) is 0 Å². The summed E-state index contributed by atoms with van der Waals surface area (Å²) in [6, 6.07) is 9.38. The van der Waals surface area contributed by atoms with Gasteiger partial charge in [-0.2, -0.15) is 0 Å². The van der Waals surface area contributed by atoms with E-state index in [0.717, 1.165) is 43.9 Å². The number of carboxylic acids is 1. The third kappa shape index (κ3) is 5.12. The molecule has 168 valence electrons. The van der Waals surface area contributed by atoms with E-state index in [1.165, 1.54) is 11.3 Å². The number of carboxylic acid groups (broad SMARTS) is 1. The molecule has 0 aliphatic heterocycles. The van der Waals surface area contributed by atoms with Gasteiger partial charge in [-0.3, -0.25) is 0 Å². The molecule has 0 fully saturated rings. The zero-order valence-electron chi connectivity index (χ0n) is 19.0. The summed E-state index contributed by atoms with van der Waals surface area (Å²) < 4.78 is 6.96. The molecule has 32 heavy (non-hydrogen) atoms. The minimum Gasteiger partial charge on any atom is -0.479 e. The molecule has 1 heterocycles. The van der Waals surface area contributed by atoms with E-state index in [2.05, 4.69) is 19.6 Å². The van der Waals surface area contributed by atoms with E-state index >= 15 is 0 Å². The molecule has 1 N–H and O–H groups in total. The maximum Gasteiger partial charge on any atom is 0.337 e. The number of ether oxygens (including phenoxy) is 1. The fourth-order valence-corrected chi connectivity index (χ4v) is 4.93. The van der Waals surface area contributed by atoms with Gasteiger partial charge in [-0.05, 0) is 63.4 Å². The number of benzene rings is 2. The molecule has 0 spiro atoms. The van der Waals surface area contributed by atoms with Crippen LogP contribution in [0.25, 0.3) is 26.9 Å². The largest absolute Gasteiger partial charge is 0.479 e. The highest BCUT2D eigenvalue weighted by Gasteiger charge is 2.32. The lowest BCUT2D eigenvalue weighted by Gasteiger charge is -2.28. The summed E-state index contributed by atoms with van der Waals surface area (Å²) in [5, 5.41) is 11.6. The third-order valence-corrected chi connectivity index (χ3v) is 6.30. The first-order chi connectivity index (χ1) is 15.1. The molecule has 3 aromatic rings. The summed E-state index contributed by atoms with van der Waals surface area (Å²) in [5.74, 6) is -1.03. The predicted octanol–water partition coefficient (Wildman–Crippen LogP) is 7.85. The van der Waals surface area contributed by atoms with Crippen LogP contribution in [0.1, 0.15) is 56.4 Å². The van der Waals surface area contributed by atoms with Crippen molar-refractivity contribution in [3.8, 4) is 11.1 Å². The standard InChI is InChI=1S/C26H28ClNO3S/c1-7-9-16(8-2)24-28-19-14-15(3)20(22(25(29)30)31-26(4,5)6)21(23(19)32-24)17-10-12-18(27)13-11-17/h8-14,22H,2,7H2,1,3-6H3,(H,29,30)/b16-9+/t22-/m0/s1. The van der Waals surface area contributed by atoms with Crippen molar-refractivity contribution in [2.24, 2.45) is 0 Å². The number of aryl methyl sites for hydroxylation is 1. The van der Waals surface area contributed by atoms with Crippen LogP contribution in [0.3, 0.4) is 0 Å². The van der Waals surface area contributed by atoms with Crippen molar-refractivity contribution in [3.05, 3.63) is 70.2 Å². The molecule has 3 rings (SSSR count). The van der Waals surface area contributed by atoms with E-state index in [1.54, 1.807) is 6.08 Å². The van der Waals surface area contributed by atoms with Crippen LogP contribution in [0, 0.1) is 6.92 Å². The van der Waals surface area contributed by atoms with Gasteiger partial charge in [0.25, 0.3) is 0 Å². The van der Waals surface area contributed by atoms with Gasteiger partial charge in [-0.15, -0.1) is 11.3 Å². The van der Waals surface area contributed by atoms with Crippen LogP contribution >= 0.6 is 22.9 Å². The lowest BCUT2D eigenvalue weighted by Crippen LogP contribution is -2.28. The highest BCUT2D eigenvalue weighted by atomic mass is 35.5. The van der Waals surface area contributed by atoms with Gasteiger partial charge < -0.3 is 9.84 Å². The first-order valence-electron chi connectivity index (χ1n) is 10.5. The van der Waals surface area contributed by atoms with E-state index in [9.17, 15) is 9.90 Å². The fourth-order valence-electron chi connectivity index (χ4n) is 3.64. The van der Waals surface area contributed by atoms with Gasteiger partial charge in [-0.1, -0.05) is 49.4 Å². The van der Waals surface area contributed by atoms with Gasteiger partial charge in [0, 0.05) is 21.7 Å². The van der Waals surface area contributed by atoms with Crippen LogP contribution in [0.4, 0.5) is 0 Å². The minimum absolute atomic E-state index is 0.615. The van der Waals surface area contributed by atoms with Crippen LogP contribution in [-0.2, 0) is 9.53 Å². The maximum atomic E-state index is 12.4. The van der Waals surface area contributed by atoms with Crippen LogP contribution < -0.4 is 0 Å². The van der Waals surface area contributed by atoms with Crippen LogP contribution in [0.15, 0.2) is 49.1 Å². The van der Waals surface area contributed by atoms with Crippen LogP contribution in [0.5, 0.6) is 0 Å². The molecule has 0 unspecified atom stereocenters. The molecule has 2 aromatic carbocycles. The average molecular weight is 470 g/mol. The number of nitrogens with zero attached hydrogens (tertiary/aromatic N) is 1. The summed E-state index contributed by atoms with van der Waals surface area (Å²) in [6.45, 7) is 13.5. The Balaban J connectivity index is 2.40. The van der Waals surface area contributed by atoms with Crippen LogP contribution in [-0.4, -0.2) is 21.7 Å². The number of halogens is 1.